The number of urea groups is 1. The topological polar surface area (TPSA) is 62.7 Å². The molecule has 0 aliphatic rings. The van der Waals surface area contributed by atoms with Crippen molar-refractivity contribution >= 4 is 23.6 Å². The quantitative estimate of drug-likeness (QED) is 0.525. The standard InChI is InChI=1S/C21H24FN3O2/c1-14(2)11-12-23-19-9-10-20(27-4)18(15(19)3)13-24-21(26)25-17-7-5-16(22)6-8-17/h5-10,12H,1,11,13H2,2-4H3,(H2,24,25,26)/b23-12-. The van der Waals surface area contributed by atoms with Gasteiger partial charge >= 0.3 is 6.03 Å². The first-order valence-corrected chi connectivity index (χ1v) is 8.54. The van der Waals surface area contributed by atoms with Crippen LogP contribution in [0.2, 0.25) is 0 Å². The van der Waals surface area contributed by atoms with E-state index in [1.807, 2.05) is 32.2 Å². The number of methoxy groups -OCH3 is 1. The van der Waals surface area contributed by atoms with E-state index >= 15 is 0 Å². The summed E-state index contributed by atoms with van der Waals surface area (Å²) in [5.41, 5.74) is 4.12. The van der Waals surface area contributed by atoms with Crippen LogP contribution in [0.3, 0.4) is 0 Å². The summed E-state index contributed by atoms with van der Waals surface area (Å²) in [6, 6.07) is 8.89. The molecule has 0 radical (unpaired) electrons. The number of amides is 2. The van der Waals surface area contributed by atoms with Crippen LogP contribution in [0.25, 0.3) is 0 Å². The van der Waals surface area contributed by atoms with Gasteiger partial charge in [0.2, 0.25) is 0 Å². The number of halogens is 1. The molecule has 2 amide bonds. The van der Waals surface area contributed by atoms with E-state index in [0.717, 1.165) is 22.4 Å². The number of aliphatic imine (C=N–C) groups is 1. The van der Waals surface area contributed by atoms with Gasteiger partial charge in [0.15, 0.2) is 0 Å². The number of hydrogen-bond donors (Lipinski definition) is 2. The van der Waals surface area contributed by atoms with Crippen LogP contribution >= 0.6 is 0 Å². The highest BCUT2D eigenvalue weighted by atomic mass is 19.1. The maximum atomic E-state index is 12.9. The molecular formula is C21H24FN3O2. The minimum atomic E-state index is -0.390. The second-order valence-electron chi connectivity index (χ2n) is 6.18. The van der Waals surface area contributed by atoms with Gasteiger partial charge in [-0.1, -0.05) is 12.2 Å². The van der Waals surface area contributed by atoms with Crippen LogP contribution in [0.4, 0.5) is 20.6 Å². The van der Waals surface area contributed by atoms with Gasteiger partial charge in [0.1, 0.15) is 11.6 Å². The fourth-order valence-corrected chi connectivity index (χ4v) is 2.45. The first kappa shape index (κ1) is 20.2. The highest BCUT2D eigenvalue weighted by molar-refractivity contribution is 5.89. The van der Waals surface area contributed by atoms with Gasteiger partial charge in [0, 0.05) is 30.4 Å². The van der Waals surface area contributed by atoms with Crippen molar-refractivity contribution in [3.8, 4) is 5.75 Å². The Balaban J connectivity index is 2.09. The molecule has 2 aromatic rings. The summed E-state index contributed by atoms with van der Waals surface area (Å²) >= 11 is 0. The largest absolute Gasteiger partial charge is 0.496 e. The fourth-order valence-electron chi connectivity index (χ4n) is 2.45. The van der Waals surface area contributed by atoms with E-state index in [-0.39, 0.29) is 18.4 Å². The molecule has 142 valence electrons. The van der Waals surface area contributed by atoms with Crippen LogP contribution in [0.1, 0.15) is 24.5 Å². The van der Waals surface area contributed by atoms with Gasteiger partial charge in [-0.05, 0) is 55.8 Å². The number of hydrogen-bond acceptors (Lipinski definition) is 3. The number of nitrogens with zero attached hydrogens (tertiary/aromatic N) is 1. The number of carbonyl (C=O) groups is 1. The van der Waals surface area contributed by atoms with Crippen LogP contribution in [-0.4, -0.2) is 19.4 Å². The van der Waals surface area contributed by atoms with Crippen molar-refractivity contribution < 1.29 is 13.9 Å². The van der Waals surface area contributed by atoms with Crippen LogP contribution in [0, 0.1) is 12.7 Å². The Labute approximate surface area is 159 Å². The molecule has 6 heteroatoms. The van der Waals surface area contributed by atoms with E-state index in [4.69, 9.17) is 4.74 Å². The first-order chi connectivity index (χ1) is 12.9. The lowest BCUT2D eigenvalue weighted by Gasteiger charge is -2.15. The predicted octanol–water partition coefficient (Wildman–Crippen LogP) is 5.13. The Bertz CT molecular complexity index is 845. The number of nitrogens with one attached hydrogen (secondary N) is 2. The highest BCUT2D eigenvalue weighted by Crippen LogP contribution is 2.30. The molecular weight excluding hydrogens is 345 g/mol. The molecule has 2 aromatic carbocycles. The van der Waals surface area contributed by atoms with Gasteiger partial charge in [0.05, 0.1) is 12.8 Å². The summed E-state index contributed by atoms with van der Waals surface area (Å²) in [4.78, 5) is 16.6. The van der Waals surface area contributed by atoms with Crippen LogP contribution < -0.4 is 15.4 Å². The number of benzene rings is 2. The van der Waals surface area contributed by atoms with Gasteiger partial charge in [-0.15, -0.1) is 0 Å². The van der Waals surface area contributed by atoms with E-state index in [2.05, 4.69) is 22.2 Å². The molecule has 0 bridgehead atoms. The molecule has 0 atom stereocenters. The maximum Gasteiger partial charge on any atom is 0.319 e. The minimum absolute atomic E-state index is 0.270. The lowest BCUT2D eigenvalue weighted by molar-refractivity contribution is 0.251. The van der Waals surface area contributed by atoms with Crippen LogP contribution in [0.5, 0.6) is 5.75 Å². The van der Waals surface area contributed by atoms with Gasteiger partial charge in [0.25, 0.3) is 0 Å². The van der Waals surface area contributed by atoms with Crippen molar-refractivity contribution in [2.45, 2.75) is 26.8 Å². The number of carbonyl (C=O) groups excluding carboxylic acids is 1. The average Bonchev–Trinajstić information content (AvgIpc) is 2.63. The van der Waals surface area contributed by atoms with Crippen LogP contribution in [-0.2, 0) is 6.54 Å². The Morgan fingerprint density at radius 2 is 1.96 bits per heavy atom. The summed E-state index contributed by atoms with van der Waals surface area (Å²) in [6.07, 6.45) is 2.52. The lowest BCUT2D eigenvalue weighted by Crippen LogP contribution is -2.28. The van der Waals surface area contributed by atoms with E-state index < -0.39 is 0 Å². The molecule has 2 N–H and O–H groups in total. The zero-order chi connectivity index (χ0) is 19.8. The normalized spacial score (nSPS) is 10.7. The third kappa shape index (κ3) is 5.95. The molecule has 0 spiro atoms. The molecule has 0 aliphatic carbocycles. The molecule has 0 saturated carbocycles. The lowest BCUT2D eigenvalue weighted by atomic mass is 10.1. The summed E-state index contributed by atoms with van der Waals surface area (Å²) < 4.78 is 18.3. The summed E-state index contributed by atoms with van der Waals surface area (Å²) in [5.74, 6) is 0.318. The van der Waals surface area contributed by atoms with E-state index in [9.17, 15) is 9.18 Å². The maximum absolute atomic E-state index is 12.9. The number of ether oxygens (including phenoxy) is 1. The monoisotopic (exact) mass is 369 g/mol. The second kappa shape index (κ2) is 9.52. The van der Waals surface area contributed by atoms with Crippen molar-refractivity contribution in [1.29, 1.82) is 0 Å². The Kier molecular flexibility index (Phi) is 7.11. The highest BCUT2D eigenvalue weighted by Gasteiger charge is 2.12. The van der Waals surface area contributed by atoms with E-state index in [1.54, 1.807) is 7.11 Å². The molecule has 0 heterocycles. The summed E-state index contributed by atoms with van der Waals surface area (Å²) in [7, 11) is 1.58. The van der Waals surface area contributed by atoms with Crippen molar-refractivity contribution in [1.82, 2.24) is 5.32 Å². The summed E-state index contributed by atoms with van der Waals surface area (Å²) in [5, 5.41) is 5.45. The minimum Gasteiger partial charge on any atom is -0.496 e. The smallest absolute Gasteiger partial charge is 0.319 e. The van der Waals surface area contributed by atoms with Gasteiger partial charge in [-0.25, -0.2) is 9.18 Å². The molecule has 0 aliphatic heterocycles. The Morgan fingerprint density at radius 1 is 1.26 bits per heavy atom. The summed E-state index contributed by atoms with van der Waals surface area (Å²) in [6.45, 7) is 8.01. The second-order valence-corrected chi connectivity index (χ2v) is 6.18. The molecule has 27 heavy (non-hydrogen) atoms. The number of rotatable bonds is 7. The third-order valence-electron chi connectivity index (χ3n) is 3.94. The molecule has 5 nitrogen and oxygen atoms in total. The average molecular weight is 369 g/mol. The van der Waals surface area contributed by atoms with E-state index in [0.29, 0.717) is 17.9 Å². The van der Waals surface area contributed by atoms with E-state index in [1.165, 1.54) is 24.3 Å². The first-order valence-electron chi connectivity index (χ1n) is 8.54. The third-order valence-corrected chi connectivity index (χ3v) is 3.94. The molecule has 0 saturated heterocycles. The fraction of sp³-hybridized carbons (Fsp3) is 0.238. The SMILES string of the molecule is C=C(C)C/C=N\c1ccc(OC)c(CNC(=O)Nc2ccc(F)cc2)c1C. The Morgan fingerprint density at radius 3 is 2.59 bits per heavy atom. The van der Waals surface area contributed by atoms with Crippen molar-refractivity contribution in [3.05, 3.63) is 65.5 Å². The van der Waals surface area contributed by atoms with Gasteiger partial charge in [-0.2, -0.15) is 0 Å². The van der Waals surface area contributed by atoms with Crippen molar-refractivity contribution in [3.63, 3.8) is 0 Å². The van der Waals surface area contributed by atoms with Crippen LogP contribution in [0.15, 0.2) is 53.5 Å². The number of anilines is 1. The predicted molar refractivity (Wildman–Crippen MR) is 108 cm³/mol. The number of allylic oxidation sites excluding steroid dienone is 1. The van der Waals surface area contributed by atoms with Gasteiger partial charge in [-0.3, -0.25) is 4.99 Å². The molecule has 0 aromatic heterocycles. The van der Waals surface area contributed by atoms with Crippen molar-refractivity contribution in [2.24, 2.45) is 4.99 Å². The van der Waals surface area contributed by atoms with Gasteiger partial charge < -0.3 is 15.4 Å². The zero-order valence-electron chi connectivity index (χ0n) is 15.8. The molecule has 0 fully saturated rings. The zero-order valence-corrected chi connectivity index (χ0v) is 15.8. The van der Waals surface area contributed by atoms with Crippen molar-refractivity contribution in [2.75, 3.05) is 12.4 Å². The molecule has 0 unspecified atom stereocenters. The Hall–Kier alpha value is -3.15. The molecule has 2 rings (SSSR count).